The maximum absolute atomic E-state index is 9.40. The van der Waals surface area contributed by atoms with Gasteiger partial charge in [-0.3, -0.25) is 0 Å². The summed E-state index contributed by atoms with van der Waals surface area (Å²) in [6.45, 7) is -0.462. The summed E-state index contributed by atoms with van der Waals surface area (Å²) in [6, 6.07) is 5.30. The Kier molecular flexibility index (Phi) is 3.47. The number of rotatable bonds is 3. The number of methoxy groups -OCH3 is 1. The third-order valence-electron chi connectivity index (χ3n) is 2.68. The molecule has 0 amide bonds. The van der Waals surface area contributed by atoms with Crippen LogP contribution in [0.3, 0.4) is 0 Å². The van der Waals surface area contributed by atoms with Crippen LogP contribution < -0.4 is 4.74 Å². The molecule has 0 radical (unpaired) electrons. The van der Waals surface area contributed by atoms with Crippen molar-refractivity contribution in [2.75, 3.05) is 7.11 Å². The van der Waals surface area contributed by atoms with Gasteiger partial charge in [0.05, 0.1) is 25.8 Å². The van der Waals surface area contributed by atoms with Gasteiger partial charge >= 0.3 is 0 Å². The normalized spacial score (nSPS) is 10.8. The van der Waals surface area contributed by atoms with Gasteiger partial charge in [0.25, 0.3) is 0 Å². The maximum atomic E-state index is 9.40. The molecular weight excluding hydrogens is 242 g/mol. The van der Waals surface area contributed by atoms with Crippen molar-refractivity contribution in [3.8, 4) is 5.75 Å². The van der Waals surface area contributed by atoms with Crippen LogP contribution in [0.25, 0.3) is 10.9 Å². The second-order valence-electron chi connectivity index (χ2n) is 3.56. The highest BCUT2D eigenvalue weighted by Gasteiger charge is 2.13. The highest BCUT2D eigenvalue weighted by Crippen LogP contribution is 2.29. The second kappa shape index (κ2) is 4.87. The molecule has 2 aromatic rings. The first-order valence-electron chi connectivity index (χ1n) is 5.08. The summed E-state index contributed by atoms with van der Waals surface area (Å²) in [5.74, 6) is 0.667. The SMILES string of the molecule is COc1ccc2nc(Cl)c(CO)c(CO)c2c1. The molecule has 17 heavy (non-hydrogen) atoms. The zero-order valence-electron chi connectivity index (χ0n) is 9.27. The number of hydrogen-bond donors (Lipinski definition) is 2. The number of pyridine rings is 1. The van der Waals surface area contributed by atoms with Gasteiger partial charge in [-0.15, -0.1) is 0 Å². The predicted octanol–water partition coefficient (Wildman–Crippen LogP) is 1.88. The number of aliphatic hydroxyl groups excluding tert-OH is 2. The number of nitrogens with zero attached hydrogens (tertiary/aromatic N) is 1. The Labute approximate surface area is 103 Å². The van der Waals surface area contributed by atoms with Crippen LogP contribution in [0.15, 0.2) is 18.2 Å². The fourth-order valence-electron chi connectivity index (χ4n) is 1.78. The summed E-state index contributed by atoms with van der Waals surface area (Å²) < 4.78 is 5.12. The van der Waals surface area contributed by atoms with E-state index in [0.29, 0.717) is 22.4 Å². The third-order valence-corrected chi connectivity index (χ3v) is 2.99. The van der Waals surface area contributed by atoms with Gasteiger partial charge in [0, 0.05) is 10.9 Å². The summed E-state index contributed by atoms with van der Waals surface area (Å²) in [6.07, 6.45) is 0. The highest BCUT2D eigenvalue weighted by molar-refractivity contribution is 6.30. The van der Waals surface area contributed by atoms with Gasteiger partial charge in [-0.25, -0.2) is 4.98 Å². The molecule has 0 fully saturated rings. The molecule has 2 N–H and O–H groups in total. The van der Waals surface area contributed by atoms with Gasteiger partial charge in [0.2, 0.25) is 0 Å². The van der Waals surface area contributed by atoms with Crippen molar-refractivity contribution >= 4 is 22.5 Å². The van der Waals surface area contributed by atoms with Gasteiger partial charge < -0.3 is 14.9 Å². The van der Waals surface area contributed by atoms with Crippen LogP contribution in [0.1, 0.15) is 11.1 Å². The van der Waals surface area contributed by atoms with Gasteiger partial charge in [0.15, 0.2) is 0 Å². The molecule has 0 aliphatic heterocycles. The largest absolute Gasteiger partial charge is 0.497 e. The number of hydrogen-bond acceptors (Lipinski definition) is 4. The van der Waals surface area contributed by atoms with Crippen molar-refractivity contribution in [3.05, 3.63) is 34.5 Å². The van der Waals surface area contributed by atoms with Crippen molar-refractivity contribution in [2.24, 2.45) is 0 Å². The molecule has 0 aliphatic carbocycles. The molecule has 0 spiro atoms. The number of ether oxygens (including phenoxy) is 1. The van der Waals surface area contributed by atoms with Crippen LogP contribution in [0.4, 0.5) is 0 Å². The molecule has 1 heterocycles. The van der Waals surface area contributed by atoms with Crippen LogP contribution in [0.2, 0.25) is 5.15 Å². The summed E-state index contributed by atoms with van der Waals surface area (Å²) in [7, 11) is 1.57. The topological polar surface area (TPSA) is 62.6 Å². The minimum atomic E-state index is -0.255. The predicted molar refractivity (Wildman–Crippen MR) is 65.2 cm³/mol. The van der Waals surface area contributed by atoms with Crippen LogP contribution in [0, 0.1) is 0 Å². The third kappa shape index (κ3) is 2.07. The van der Waals surface area contributed by atoms with Crippen molar-refractivity contribution in [1.82, 2.24) is 4.98 Å². The monoisotopic (exact) mass is 253 g/mol. The Morgan fingerprint density at radius 2 is 1.94 bits per heavy atom. The summed E-state index contributed by atoms with van der Waals surface area (Å²) in [5, 5.41) is 19.6. The minimum absolute atomic E-state index is 0.207. The number of benzene rings is 1. The van der Waals surface area contributed by atoms with Crippen LogP contribution in [-0.4, -0.2) is 22.3 Å². The Bertz CT molecular complexity index is 557. The lowest BCUT2D eigenvalue weighted by molar-refractivity contribution is 0.261. The molecule has 0 saturated heterocycles. The lowest BCUT2D eigenvalue weighted by Gasteiger charge is -2.11. The van der Waals surface area contributed by atoms with E-state index in [4.69, 9.17) is 16.3 Å². The number of fused-ring (bicyclic) bond motifs is 1. The van der Waals surface area contributed by atoms with Crippen LogP contribution in [-0.2, 0) is 13.2 Å². The Hall–Kier alpha value is -1.36. The van der Waals surface area contributed by atoms with Gasteiger partial charge in [-0.2, -0.15) is 0 Å². The van der Waals surface area contributed by atoms with Crippen molar-refractivity contribution in [3.63, 3.8) is 0 Å². The average molecular weight is 254 g/mol. The number of halogens is 1. The lowest BCUT2D eigenvalue weighted by atomic mass is 10.0. The first kappa shape index (κ1) is 12.1. The molecule has 0 bridgehead atoms. The summed E-state index contributed by atoms with van der Waals surface area (Å²) in [5.41, 5.74) is 1.70. The van der Waals surface area contributed by atoms with E-state index in [-0.39, 0.29) is 18.4 Å². The number of aromatic nitrogens is 1. The fourth-order valence-corrected chi connectivity index (χ4v) is 2.05. The Balaban J connectivity index is 2.80. The van der Waals surface area contributed by atoms with E-state index in [2.05, 4.69) is 4.98 Å². The zero-order valence-corrected chi connectivity index (χ0v) is 10.0. The van der Waals surface area contributed by atoms with Gasteiger partial charge in [-0.05, 0) is 23.8 Å². The van der Waals surface area contributed by atoms with E-state index in [9.17, 15) is 10.2 Å². The van der Waals surface area contributed by atoms with E-state index in [0.717, 1.165) is 5.39 Å². The molecule has 0 unspecified atom stereocenters. The Morgan fingerprint density at radius 1 is 1.24 bits per heavy atom. The fraction of sp³-hybridized carbons (Fsp3) is 0.250. The van der Waals surface area contributed by atoms with Crippen molar-refractivity contribution in [2.45, 2.75) is 13.2 Å². The summed E-state index contributed by atoms with van der Waals surface area (Å²) >= 11 is 5.95. The van der Waals surface area contributed by atoms with Crippen LogP contribution >= 0.6 is 11.6 Å². The molecule has 0 atom stereocenters. The first-order valence-corrected chi connectivity index (χ1v) is 5.45. The number of aliphatic hydroxyl groups is 2. The maximum Gasteiger partial charge on any atom is 0.135 e. The van der Waals surface area contributed by atoms with Crippen molar-refractivity contribution < 1.29 is 14.9 Å². The molecule has 0 saturated carbocycles. The minimum Gasteiger partial charge on any atom is -0.497 e. The van der Waals surface area contributed by atoms with E-state index in [1.165, 1.54) is 0 Å². The van der Waals surface area contributed by atoms with E-state index in [1.807, 2.05) is 0 Å². The van der Waals surface area contributed by atoms with Crippen LogP contribution in [0.5, 0.6) is 5.75 Å². The second-order valence-corrected chi connectivity index (χ2v) is 3.92. The molecule has 2 rings (SSSR count). The molecule has 5 heteroatoms. The first-order chi connectivity index (χ1) is 8.21. The molecule has 1 aromatic heterocycles. The zero-order chi connectivity index (χ0) is 12.4. The lowest BCUT2D eigenvalue weighted by Crippen LogP contribution is -2.00. The average Bonchev–Trinajstić information content (AvgIpc) is 2.36. The quantitative estimate of drug-likeness (QED) is 0.820. The Morgan fingerprint density at radius 3 is 2.53 bits per heavy atom. The van der Waals surface area contributed by atoms with Gasteiger partial charge in [0.1, 0.15) is 10.9 Å². The molecule has 90 valence electrons. The van der Waals surface area contributed by atoms with E-state index < -0.39 is 0 Å². The molecule has 0 aliphatic rings. The summed E-state index contributed by atoms with van der Waals surface area (Å²) in [4.78, 5) is 4.17. The molecule has 1 aromatic carbocycles. The van der Waals surface area contributed by atoms with E-state index in [1.54, 1.807) is 25.3 Å². The van der Waals surface area contributed by atoms with Crippen molar-refractivity contribution in [1.29, 1.82) is 0 Å². The smallest absolute Gasteiger partial charge is 0.135 e. The standard InChI is InChI=1S/C12H12ClNO3/c1-17-7-2-3-11-8(4-7)9(5-15)10(6-16)12(13)14-11/h2-4,15-16H,5-6H2,1H3. The highest BCUT2D eigenvalue weighted by atomic mass is 35.5. The van der Waals surface area contributed by atoms with Gasteiger partial charge in [-0.1, -0.05) is 11.6 Å². The van der Waals surface area contributed by atoms with E-state index >= 15 is 0 Å². The molecular formula is C12H12ClNO3. The molecule has 4 nitrogen and oxygen atoms in total.